The summed E-state index contributed by atoms with van der Waals surface area (Å²) in [5.74, 6) is -0.0486. The summed E-state index contributed by atoms with van der Waals surface area (Å²) in [6, 6.07) is 12.9. The van der Waals surface area contributed by atoms with Crippen molar-refractivity contribution in [2.75, 3.05) is 13.2 Å². The zero-order valence-electron chi connectivity index (χ0n) is 13.8. The van der Waals surface area contributed by atoms with Crippen LogP contribution in [0.4, 0.5) is 10.5 Å². The van der Waals surface area contributed by atoms with E-state index < -0.39 is 16.1 Å². The number of thioether (sulfide) groups is 1. The lowest BCUT2D eigenvalue weighted by molar-refractivity contribution is -0.385. The van der Waals surface area contributed by atoms with Gasteiger partial charge in [-0.25, -0.2) is 0 Å². The van der Waals surface area contributed by atoms with Crippen LogP contribution in [0, 0.1) is 10.1 Å². The Kier molecular flexibility index (Phi) is 5.78. The number of carbonyl (C=O) groups excluding carboxylic acids is 2. The van der Waals surface area contributed by atoms with Gasteiger partial charge < -0.3 is 4.74 Å². The molecule has 2 aromatic carbocycles. The van der Waals surface area contributed by atoms with Gasteiger partial charge in [0.15, 0.2) is 0 Å². The number of rotatable bonds is 6. The zero-order chi connectivity index (χ0) is 19.4. The summed E-state index contributed by atoms with van der Waals surface area (Å²) in [7, 11) is 0. The quantitative estimate of drug-likeness (QED) is 0.403. The molecule has 0 radical (unpaired) electrons. The first-order chi connectivity index (χ1) is 13.0. The molecular weight excluding hydrogens is 392 g/mol. The lowest BCUT2D eigenvalue weighted by atomic mass is 10.1. The number of carbonyl (C=O) groups is 2. The number of benzene rings is 2. The summed E-state index contributed by atoms with van der Waals surface area (Å²) in [6.07, 6.45) is 1.36. The van der Waals surface area contributed by atoms with Gasteiger partial charge in [-0.3, -0.25) is 24.6 Å². The molecule has 1 saturated heterocycles. The van der Waals surface area contributed by atoms with Gasteiger partial charge in [0, 0.05) is 6.07 Å². The van der Waals surface area contributed by atoms with Gasteiger partial charge in [-0.15, -0.1) is 0 Å². The van der Waals surface area contributed by atoms with Crippen molar-refractivity contribution < 1.29 is 19.2 Å². The largest absolute Gasteiger partial charge is 0.490 e. The van der Waals surface area contributed by atoms with Crippen molar-refractivity contribution >= 4 is 46.3 Å². The minimum atomic E-state index is -0.534. The summed E-state index contributed by atoms with van der Waals surface area (Å²) in [5, 5.41) is 11.1. The number of para-hydroxylation sites is 2. The molecule has 0 bridgehead atoms. The molecule has 0 atom stereocenters. The summed E-state index contributed by atoms with van der Waals surface area (Å²) in [4.78, 5) is 36.3. The summed E-state index contributed by atoms with van der Waals surface area (Å²) < 4.78 is 5.50. The molecule has 0 unspecified atom stereocenters. The lowest BCUT2D eigenvalue weighted by Gasteiger charge is -2.13. The van der Waals surface area contributed by atoms with Crippen LogP contribution in [0.1, 0.15) is 5.56 Å². The number of nitrogens with zero attached hydrogens (tertiary/aromatic N) is 2. The molecule has 1 fully saturated rings. The number of hydrogen-bond donors (Lipinski definition) is 0. The molecule has 1 aliphatic heterocycles. The smallest absolute Gasteiger partial charge is 0.293 e. The fraction of sp³-hybridized carbons (Fsp3) is 0.111. The van der Waals surface area contributed by atoms with Gasteiger partial charge in [0.2, 0.25) is 0 Å². The third kappa shape index (κ3) is 4.29. The average Bonchev–Trinajstić information content (AvgIpc) is 2.91. The molecule has 3 rings (SSSR count). The van der Waals surface area contributed by atoms with Crippen molar-refractivity contribution in [3.63, 3.8) is 0 Å². The van der Waals surface area contributed by atoms with Crippen LogP contribution in [-0.4, -0.2) is 34.1 Å². The molecule has 0 aliphatic carbocycles. The number of hydrogen-bond acceptors (Lipinski definition) is 6. The number of imide groups is 1. The third-order valence-corrected chi connectivity index (χ3v) is 4.92. The predicted molar refractivity (Wildman–Crippen MR) is 103 cm³/mol. The molecule has 0 saturated carbocycles. The Labute approximate surface area is 163 Å². The lowest BCUT2D eigenvalue weighted by Crippen LogP contribution is -2.32. The Morgan fingerprint density at radius 3 is 2.59 bits per heavy atom. The maximum absolute atomic E-state index is 12.5. The fourth-order valence-corrected chi connectivity index (χ4v) is 3.46. The number of ether oxygens (including phenoxy) is 1. The maximum Gasteiger partial charge on any atom is 0.293 e. The van der Waals surface area contributed by atoms with E-state index in [-0.39, 0.29) is 29.3 Å². The molecule has 27 heavy (non-hydrogen) atoms. The van der Waals surface area contributed by atoms with Gasteiger partial charge in [0.25, 0.3) is 16.8 Å². The normalized spacial score (nSPS) is 15.4. The Hall–Kier alpha value is -2.84. The van der Waals surface area contributed by atoms with Crippen LogP contribution in [0.5, 0.6) is 5.75 Å². The number of nitro groups is 1. The monoisotopic (exact) mass is 404 g/mol. The Morgan fingerprint density at radius 2 is 1.85 bits per heavy atom. The molecule has 2 amide bonds. The molecule has 1 aliphatic rings. The highest BCUT2D eigenvalue weighted by molar-refractivity contribution is 8.18. The minimum Gasteiger partial charge on any atom is -0.490 e. The second-order valence-corrected chi connectivity index (χ2v) is 6.83. The Bertz CT molecular complexity index is 947. The van der Waals surface area contributed by atoms with Crippen molar-refractivity contribution in [1.29, 1.82) is 0 Å². The highest BCUT2D eigenvalue weighted by Crippen LogP contribution is 2.33. The van der Waals surface area contributed by atoms with Crippen LogP contribution in [0.15, 0.2) is 53.4 Å². The Morgan fingerprint density at radius 1 is 1.15 bits per heavy atom. The second kappa shape index (κ2) is 8.24. The fourth-order valence-electron chi connectivity index (χ4n) is 2.42. The average molecular weight is 405 g/mol. The third-order valence-electron chi connectivity index (χ3n) is 3.70. The van der Waals surface area contributed by atoms with Gasteiger partial charge in [-0.1, -0.05) is 35.9 Å². The molecule has 2 aromatic rings. The van der Waals surface area contributed by atoms with E-state index in [0.717, 1.165) is 16.7 Å². The molecule has 9 heteroatoms. The van der Waals surface area contributed by atoms with E-state index in [1.165, 1.54) is 24.3 Å². The zero-order valence-corrected chi connectivity index (χ0v) is 15.4. The van der Waals surface area contributed by atoms with E-state index in [9.17, 15) is 19.7 Å². The maximum atomic E-state index is 12.5. The molecule has 0 spiro atoms. The highest BCUT2D eigenvalue weighted by Gasteiger charge is 2.35. The van der Waals surface area contributed by atoms with Crippen LogP contribution >= 0.6 is 23.4 Å². The molecule has 0 aromatic heterocycles. The first-order valence-corrected chi connectivity index (χ1v) is 9.03. The number of nitro benzene ring substituents is 1. The van der Waals surface area contributed by atoms with Crippen molar-refractivity contribution in [3.05, 3.63) is 74.1 Å². The topological polar surface area (TPSA) is 89.8 Å². The first kappa shape index (κ1) is 18.9. The molecule has 7 nitrogen and oxygen atoms in total. The van der Waals surface area contributed by atoms with Crippen molar-refractivity contribution in [3.8, 4) is 5.75 Å². The van der Waals surface area contributed by atoms with Crippen LogP contribution in [-0.2, 0) is 4.79 Å². The van der Waals surface area contributed by atoms with Gasteiger partial charge in [-0.2, -0.15) is 0 Å². The molecule has 138 valence electrons. The van der Waals surface area contributed by atoms with Gasteiger partial charge in [-0.05, 0) is 36.0 Å². The van der Waals surface area contributed by atoms with Crippen LogP contribution in [0.25, 0.3) is 6.08 Å². The van der Waals surface area contributed by atoms with Crippen LogP contribution in [0.3, 0.4) is 0 Å². The predicted octanol–water partition coefficient (Wildman–Crippen LogP) is 4.36. The minimum absolute atomic E-state index is 0.0457. The molecule has 0 N–H and O–H groups in total. The summed E-state index contributed by atoms with van der Waals surface area (Å²) in [6.45, 7) is 0.130. The molecule has 1 heterocycles. The van der Waals surface area contributed by atoms with E-state index in [1.54, 1.807) is 30.3 Å². The van der Waals surface area contributed by atoms with E-state index in [2.05, 4.69) is 0 Å². The van der Waals surface area contributed by atoms with E-state index in [1.807, 2.05) is 0 Å². The summed E-state index contributed by atoms with van der Waals surface area (Å²) in [5.41, 5.74) is 0.131. The second-order valence-electron chi connectivity index (χ2n) is 5.43. The van der Waals surface area contributed by atoms with E-state index in [0.29, 0.717) is 10.8 Å². The van der Waals surface area contributed by atoms with Crippen molar-refractivity contribution in [1.82, 2.24) is 4.90 Å². The highest BCUT2D eigenvalue weighted by atomic mass is 35.5. The van der Waals surface area contributed by atoms with Crippen molar-refractivity contribution in [2.24, 2.45) is 0 Å². The SMILES string of the molecule is O=C1S/C(=C\c2ccccc2[N+](=O)[O-])C(=O)N1CCOc1ccccc1Cl. The molecular formula is C18H13ClN2O5S. The number of halogens is 1. The van der Waals surface area contributed by atoms with E-state index in [4.69, 9.17) is 16.3 Å². The first-order valence-electron chi connectivity index (χ1n) is 7.83. The van der Waals surface area contributed by atoms with Crippen LogP contribution in [0.2, 0.25) is 5.02 Å². The van der Waals surface area contributed by atoms with Crippen molar-refractivity contribution in [2.45, 2.75) is 0 Å². The van der Waals surface area contributed by atoms with Gasteiger partial charge in [0.05, 0.1) is 27.0 Å². The standard InChI is InChI=1S/C18H13ClN2O5S/c19-13-6-2-4-8-15(13)26-10-9-20-17(22)16(27-18(20)23)11-12-5-1-3-7-14(12)21(24)25/h1-8,11H,9-10H2/b16-11-. The summed E-state index contributed by atoms with van der Waals surface area (Å²) >= 11 is 6.73. The van der Waals surface area contributed by atoms with Gasteiger partial charge >= 0.3 is 0 Å². The van der Waals surface area contributed by atoms with E-state index >= 15 is 0 Å². The van der Waals surface area contributed by atoms with Gasteiger partial charge in [0.1, 0.15) is 12.4 Å². The van der Waals surface area contributed by atoms with Crippen LogP contribution < -0.4 is 4.74 Å². The Balaban J connectivity index is 1.70. The number of amides is 2.